The number of ketones is 1. The molecule has 2 aliphatic carbocycles. The van der Waals surface area contributed by atoms with E-state index in [2.05, 4.69) is 6.08 Å². The predicted octanol–water partition coefficient (Wildman–Crippen LogP) is 3.91. The Kier molecular flexibility index (Phi) is 6.64. The van der Waals surface area contributed by atoms with E-state index in [1.165, 1.54) is 25.9 Å². The number of carbonyl (C=O) groups excluding carboxylic acids is 1. The van der Waals surface area contributed by atoms with Gasteiger partial charge in [-0.3, -0.25) is 4.79 Å². The van der Waals surface area contributed by atoms with Gasteiger partial charge in [0.15, 0.2) is 11.6 Å². The van der Waals surface area contributed by atoms with Gasteiger partial charge in [-0.1, -0.05) is 30.2 Å². The number of hydrogen-bond donors (Lipinski definition) is 2. The first-order chi connectivity index (χ1) is 13.0. The Morgan fingerprint density at radius 2 is 1.82 bits per heavy atom. The molecule has 0 amide bonds. The van der Waals surface area contributed by atoms with Crippen LogP contribution in [0.4, 0.5) is 0 Å². The number of rotatable bonds is 7. The number of fused-ring (bicyclic) bond motifs is 2. The van der Waals surface area contributed by atoms with Gasteiger partial charge in [0.25, 0.3) is 0 Å². The molecule has 28 heavy (non-hydrogen) atoms. The highest BCUT2D eigenvalue weighted by atomic mass is 16.6. The lowest BCUT2D eigenvalue weighted by Gasteiger charge is -2.62. The third-order valence-electron chi connectivity index (χ3n) is 6.69. The van der Waals surface area contributed by atoms with E-state index in [0.717, 1.165) is 12.0 Å². The largest absolute Gasteiger partial charge is 0.500 e. The van der Waals surface area contributed by atoms with Gasteiger partial charge in [-0.25, -0.2) is 0 Å². The van der Waals surface area contributed by atoms with Crippen LogP contribution in [-0.2, 0) is 14.3 Å². The maximum atomic E-state index is 13.1. The number of ether oxygens (including phenoxy) is 2. The van der Waals surface area contributed by atoms with Crippen molar-refractivity contribution in [2.45, 2.75) is 72.2 Å². The molecule has 2 bridgehead atoms. The number of allylic oxidation sites excluding steroid dienone is 5. The van der Waals surface area contributed by atoms with Crippen LogP contribution in [0.25, 0.3) is 0 Å². The highest BCUT2D eigenvalue weighted by Gasteiger charge is 2.72. The molecule has 5 atom stereocenters. The first-order valence-electron chi connectivity index (χ1n) is 10.0. The first-order valence-corrected chi connectivity index (χ1v) is 10.0. The molecule has 1 saturated carbocycles. The molecule has 0 spiro atoms. The summed E-state index contributed by atoms with van der Waals surface area (Å²) in [5.74, 6) is -2.51. The fourth-order valence-electron chi connectivity index (χ4n) is 5.03. The third-order valence-corrected chi connectivity index (χ3v) is 6.69. The molecule has 0 heterocycles. The van der Waals surface area contributed by atoms with Crippen LogP contribution in [0, 0.1) is 16.7 Å². The van der Waals surface area contributed by atoms with Gasteiger partial charge in [0.1, 0.15) is 5.76 Å². The average Bonchev–Trinajstić information content (AvgIpc) is 2.60. The summed E-state index contributed by atoms with van der Waals surface area (Å²) in [7, 11) is 2.93. The molecule has 0 radical (unpaired) electrons. The second-order valence-corrected chi connectivity index (χ2v) is 9.06. The van der Waals surface area contributed by atoms with Crippen LogP contribution in [0.15, 0.2) is 35.1 Å². The van der Waals surface area contributed by atoms with Crippen molar-refractivity contribution in [3.05, 3.63) is 35.1 Å². The smallest absolute Gasteiger partial charge is 0.189 e. The van der Waals surface area contributed by atoms with Gasteiger partial charge < -0.3 is 19.7 Å². The molecule has 2 aliphatic rings. The van der Waals surface area contributed by atoms with Crippen LogP contribution in [-0.4, -0.2) is 42.1 Å². The number of aliphatic hydroxyl groups excluding tert-OH is 1. The zero-order valence-corrected chi connectivity index (χ0v) is 18.3. The summed E-state index contributed by atoms with van der Waals surface area (Å²) < 4.78 is 11.3. The van der Waals surface area contributed by atoms with E-state index < -0.39 is 28.6 Å². The number of methoxy groups -OCH3 is 2. The predicted molar refractivity (Wildman–Crippen MR) is 109 cm³/mol. The Labute approximate surface area is 169 Å². The number of hydrogen-bond acceptors (Lipinski definition) is 5. The lowest BCUT2D eigenvalue weighted by Crippen LogP contribution is -2.71. The normalized spacial score (nSPS) is 37.2. The molecule has 0 aromatic rings. The molecule has 5 heteroatoms. The minimum atomic E-state index is -1.75. The second-order valence-electron chi connectivity index (χ2n) is 9.06. The summed E-state index contributed by atoms with van der Waals surface area (Å²) in [5, 5.41) is 23.1. The van der Waals surface area contributed by atoms with E-state index in [0.29, 0.717) is 18.6 Å². The van der Waals surface area contributed by atoms with Gasteiger partial charge >= 0.3 is 0 Å². The summed E-state index contributed by atoms with van der Waals surface area (Å²) in [6.45, 7) is 9.89. The van der Waals surface area contributed by atoms with E-state index in [1.807, 2.05) is 40.7 Å². The van der Waals surface area contributed by atoms with Gasteiger partial charge in [-0.2, -0.15) is 0 Å². The lowest BCUT2D eigenvalue weighted by molar-refractivity contribution is -0.336. The van der Waals surface area contributed by atoms with Gasteiger partial charge in [0.2, 0.25) is 0 Å². The maximum Gasteiger partial charge on any atom is 0.189 e. The van der Waals surface area contributed by atoms with Crippen LogP contribution in [0.3, 0.4) is 0 Å². The fourth-order valence-corrected chi connectivity index (χ4v) is 5.03. The molecule has 4 unspecified atom stereocenters. The molecule has 0 saturated heterocycles. The zero-order valence-electron chi connectivity index (χ0n) is 18.3. The molecule has 2 rings (SSSR count). The van der Waals surface area contributed by atoms with E-state index in [4.69, 9.17) is 9.47 Å². The third kappa shape index (κ3) is 3.49. The van der Waals surface area contributed by atoms with E-state index in [9.17, 15) is 15.0 Å². The average molecular weight is 393 g/mol. The van der Waals surface area contributed by atoms with Crippen LogP contribution in [0.1, 0.15) is 60.3 Å². The van der Waals surface area contributed by atoms with Crippen molar-refractivity contribution >= 4 is 5.78 Å². The van der Waals surface area contributed by atoms with Crippen LogP contribution < -0.4 is 0 Å². The van der Waals surface area contributed by atoms with Crippen molar-refractivity contribution in [2.75, 3.05) is 14.2 Å². The number of aliphatic hydroxyl groups is 2. The van der Waals surface area contributed by atoms with Crippen molar-refractivity contribution in [1.82, 2.24) is 0 Å². The molecule has 1 fully saturated rings. The van der Waals surface area contributed by atoms with Gasteiger partial charge in [-0.05, 0) is 53.4 Å². The van der Waals surface area contributed by atoms with Crippen molar-refractivity contribution in [2.24, 2.45) is 16.7 Å². The summed E-state index contributed by atoms with van der Waals surface area (Å²) in [6.07, 6.45) is 6.81. The Bertz CT molecular complexity index is 698. The highest BCUT2D eigenvalue weighted by Crippen LogP contribution is 2.64. The summed E-state index contributed by atoms with van der Waals surface area (Å²) >= 11 is 0. The molecule has 0 aromatic heterocycles. The Morgan fingerprint density at radius 1 is 1.21 bits per heavy atom. The highest BCUT2D eigenvalue weighted by molar-refractivity contribution is 5.95. The standard InChI is InChI=1S/C23H36O5/c1-15(2)9-8-11-21(5)18(25)14-22(12-10-16(3)4)19(27-6)13-17(24)20(21)23(22,26)28-7/h9-10,13,18,20,25-26H,8,11-12,14H2,1-7H3/t18?,20?,21?,22?,23-/m0/s1. The zero-order chi connectivity index (χ0) is 21.3. The quantitative estimate of drug-likeness (QED) is 0.507. The molecular formula is C23H36O5. The van der Waals surface area contributed by atoms with Crippen molar-refractivity contribution in [1.29, 1.82) is 0 Å². The molecule has 0 aliphatic heterocycles. The molecule has 2 N–H and O–H groups in total. The van der Waals surface area contributed by atoms with E-state index >= 15 is 0 Å². The van der Waals surface area contributed by atoms with E-state index in [1.54, 1.807) is 0 Å². The van der Waals surface area contributed by atoms with Crippen LogP contribution in [0.5, 0.6) is 0 Å². The fraction of sp³-hybridized carbons (Fsp3) is 0.696. The van der Waals surface area contributed by atoms with Gasteiger partial charge in [0.05, 0.1) is 24.5 Å². The molecule has 0 aromatic carbocycles. The first kappa shape index (κ1) is 22.9. The SMILES string of the molecule is COC1=CC(=O)C2C(C)(CCC=C(C)C)C(O)CC1(CC=C(C)C)[C@@]2(O)OC. The second kappa shape index (κ2) is 8.13. The van der Waals surface area contributed by atoms with Crippen LogP contribution >= 0.6 is 0 Å². The molecule has 5 nitrogen and oxygen atoms in total. The van der Waals surface area contributed by atoms with Gasteiger partial charge in [0, 0.05) is 18.6 Å². The minimum absolute atomic E-state index is 0.257. The van der Waals surface area contributed by atoms with Crippen molar-refractivity contribution in [3.8, 4) is 0 Å². The van der Waals surface area contributed by atoms with Crippen molar-refractivity contribution < 1.29 is 24.5 Å². The summed E-state index contributed by atoms with van der Waals surface area (Å²) in [5.41, 5.74) is 0.452. The topological polar surface area (TPSA) is 76.0 Å². The van der Waals surface area contributed by atoms with Crippen LogP contribution in [0.2, 0.25) is 0 Å². The lowest BCUT2D eigenvalue weighted by atomic mass is 9.47. The molecular weight excluding hydrogens is 356 g/mol. The van der Waals surface area contributed by atoms with Crippen molar-refractivity contribution in [3.63, 3.8) is 0 Å². The molecule has 158 valence electrons. The summed E-state index contributed by atoms with van der Waals surface area (Å²) in [6, 6.07) is 0. The Hall–Kier alpha value is -1.43. The van der Waals surface area contributed by atoms with E-state index in [-0.39, 0.29) is 12.2 Å². The number of carbonyl (C=O) groups is 1. The minimum Gasteiger partial charge on any atom is -0.500 e. The van der Waals surface area contributed by atoms with Gasteiger partial charge in [-0.15, -0.1) is 0 Å². The monoisotopic (exact) mass is 392 g/mol. The summed E-state index contributed by atoms with van der Waals surface area (Å²) in [4.78, 5) is 13.1. The Morgan fingerprint density at radius 3 is 2.32 bits per heavy atom. The Balaban J connectivity index is 2.64. The maximum absolute atomic E-state index is 13.1.